The van der Waals surface area contributed by atoms with E-state index in [0.29, 0.717) is 0 Å². The minimum absolute atomic E-state index is 0.102. The maximum atomic E-state index is 13.7. The molecule has 252 valence electrons. The lowest BCUT2D eigenvalue weighted by atomic mass is 9.89. The van der Waals surface area contributed by atoms with E-state index in [1.54, 1.807) is 0 Å². The third kappa shape index (κ3) is 4.86. The summed E-state index contributed by atoms with van der Waals surface area (Å²) in [4.78, 5) is 41.7. The van der Waals surface area contributed by atoms with E-state index in [2.05, 4.69) is 4.98 Å². The summed E-state index contributed by atoms with van der Waals surface area (Å²) in [6.45, 7) is -2.43. The number of aliphatic hydroxyl groups excluding tert-OH is 5. The second-order valence-corrected chi connectivity index (χ2v) is 12.7. The Bertz CT molecular complexity index is 1450. The summed E-state index contributed by atoms with van der Waals surface area (Å²) < 4.78 is 45.2. The van der Waals surface area contributed by atoms with Crippen molar-refractivity contribution in [2.24, 2.45) is 5.73 Å². The Labute approximate surface area is 253 Å². The molecular weight excluding hydrogens is 633 g/mol. The maximum Gasteiger partial charge on any atom is 0.477 e. The standard InChI is InChI=1S/C23H34N5O16P/c1-39-20(35)23(5-9(30)13-17(43-23)16(34)18-22(37,8-29)28(13,18)12(31)6-24)44-45(38,40-2)41-7-10-14(32)15(33)19(42-10)27-4-3-11(25)26-21(27)36/h3-4,9-10,13-19,29-30,32-34,37H,5-8,24H2,1-2H3,(H-,25,26,36)/p+1/t9?,10-,13-,14?,15?,16+,17?,18?,19-,22+,23-,28?,45?/m1/s1. The number of fused-ring (bicyclic) bond motifs is 3. The van der Waals surface area contributed by atoms with Gasteiger partial charge in [-0.25, -0.2) is 28.0 Å². The van der Waals surface area contributed by atoms with Crippen molar-refractivity contribution < 1.29 is 77.1 Å². The van der Waals surface area contributed by atoms with Gasteiger partial charge in [-0.3, -0.25) is 13.6 Å². The normalized spacial score (nSPS) is 43.3. The largest absolute Gasteiger partial charge is 0.477 e. The van der Waals surface area contributed by atoms with Crippen LogP contribution in [0.2, 0.25) is 0 Å². The number of hydrogen-bond donors (Lipinski definition) is 8. The predicted octanol–water partition coefficient (Wildman–Crippen LogP) is -5.64. The zero-order valence-corrected chi connectivity index (χ0v) is 24.8. The van der Waals surface area contributed by atoms with Gasteiger partial charge >= 0.3 is 25.4 Å². The zero-order valence-electron chi connectivity index (χ0n) is 23.9. The fourth-order valence-electron chi connectivity index (χ4n) is 6.83. The topological polar surface area (TPSA) is 315 Å². The number of anilines is 1. The van der Waals surface area contributed by atoms with Crippen molar-refractivity contribution in [3.63, 3.8) is 0 Å². The average molecular weight is 669 g/mol. The summed E-state index contributed by atoms with van der Waals surface area (Å²) in [5.41, 5.74) is 7.91. The molecule has 5 heterocycles. The molecular formula is C23H35N5O16P+. The van der Waals surface area contributed by atoms with Crippen LogP contribution in [0.1, 0.15) is 12.6 Å². The van der Waals surface area contributed by atoms with E-state index >= 15 is 0 Å². The van der Waals surface area contributed by atoms with Crippen LogP contribution in [0.25, 0.3) is 0 Å². The number of hydrogen-bond acceptors (Lipinski definition) is 19. The van der Waals surface area contributed by atoms with Crippen LogP contribution >= 0.6 is 7.82 Å². The van der Waals surface area contributed by atoms with Crippen molar-refractivity contribution in [2.45, 2.75) is 72.9 Å². The van der Waals surface area contributed by atoms with Crippen LogP contribution in [0.5, 0.6) is 0 Å². The summed E-state index contributed by atoms with van der Waals surface area (Å²) in [5, 5.41) is 64.2. The number of piperidine rings is 1. The molecule has 10 N–H and O–H groups in total. The van der Waals surface area contributed by atoms with Crippen molar-refractivity contribution >= 4 is 25.5 Å². The molecule has 4 aliphatic heterocycles. The quantitative estimate of drug-likeness (QED) is 0.0498. The number of aliphatic hydroxyl groups is 6. The van der Waals surface area contributed by atoms with Gasteiger partial charge < -0.3 is 56.3 Å². The van der Waals surface area contributed by atoms with E-state index in [4.69, 9.17) is 39.2 Å². The number of ether oxygens (including phenoxy) is 3. The van der Waals surface area contributed by atoms with Gasteiger partial charge in [0.05, 0.1) is 13.7 Å². The first kappa shape index (κ1) is 33.9. The Kier molecular flexibility index (Phi) is 8.77. The number of carbonyl (C=O) groups is 2. The molecule has 0 aromatic carbocycles. The molecule has 4 saturated heterocycles. The van der Waals surface area contributed by atoms with Gasteiger partial charge in [0.1, 0.15) is 55.6 Å². The van der Waals surface area contributed by atoms with Gasteiger partial charge in [0, 0.05) is 19.7 Å². The molecule has 0 radical (unpaired) electrons. The maximum absolute atomic E-state index is 13.7. The number of nitrogens with two attached hydrogens (primary N) is 2. The lowest BCUT2D eigenvalue weighted by Gasteiger charge is -2.45. The van der Waals surface area contributed by atoms with Crippen LogP contribution in [0.15, 0.2) is 17.1 Å². The van der Waals surface area contributed by atoms with Gasteiger partial charge in [0.2, 0.25) is 6.04 Å². The summed E-state index contributed by atoms with van der Waals surface area (Å²) in [7, 11) is -3.16. The van der Waals surface area contributed by atoms with Crippen molar-refractivity contribution in [3.8, 4) is 0 Å². The van der Waals surface area contributed by atoms with Crippen LogP contribution in [-0.4, -0.2) is 151 Å². The highest BCUT2D eigenvalue weighted by molar-refractivity contribution is 7.48. The minimum atomic E-state index is -4.94. The Morgan fingerprint density at radius 1 is 1.22 bits per heavy atom. The fourth-order valence-corrected chi connectivity index (χ4v) is 7.95. The summed E-state index contributed by atoms with van der Waals surface area (Å²) in [5.74, 6) is -5.08. The molecule has 0 aliphatic carbocycles. The SMILES string of the molecule is COC(=O)[C@]1(OP(=O)(OC)OC[C@H]2O[C@@H](n3ccc(N)nc3=O)C(O)C2O)CC(O)[C@@H]2C(O1)[C@H](O)C1[C@@](O)(CO)[N+]12C(=O)CN. The molecule has 21 nitrogen and oxygen atoms in total. The molecule has 5 rings (SSSR count). The molecule has 0 bridgehead atoms. The number of quaternary nitrogens is 1. The first-order chi connectivity index (χ1) is 21.1. The van der Waals surface area contributed by atoms with Crippen molar-refractivity contribution in [1.29, 1.82) is 0 Å². The van der Waals surface area contributed by atoms with Crippen molar-refractivity contribution in [1.82, 2.24) is 9.55 Å². The van der Waals surface area contributed by atoms with Gasteiger partial charge in [-0.05, 0) is 6.07 Å². The first-order valence-electron chi connectivity index (χ1n) is 13.6. The van der Waals surface area contributed by atoms with Crippen LogP contribution in [0.3, 0.4) is 0 Å². The number of nitrogen functional groups attached to an aromatic ring is 1. The fraction of sp³-hybridized carbons (Fsp3) is 0.739. The number of nitrogens with zero attached hydrogens (tertiary/aromatic N) is 3. The Hall–Kier alpha value is -2.47. The molecule has 0 spiro atoms. The molecule has 0 saturated carbocycles. The number of methoxy groups -OCH3 is 1. The lowest BCUT2D eigenvalue weighted by Crippen LogP contribution is -2.68. The van der Waals surface area contributed by atoms with Crippen molar-refractivity contribution in [2.75, 3.05) is 39.7 Å². The molecule has 7 unspecified atom stereocenters. The van der Waals surface area contributed by atoms with Gasteiger partial charge in [-0.2, -0.15) is 4.98 Å². The number of esters is 1. The Morgan fingerprint density at radius 3 is 2.49 bits per heavy atom. The molecule has 4 fully saturated rings. The van der Waals surface area contributed by atoms with Gasteiger partial charge in [-0.15, -0.1) is 0 Å². The van der Waals surface area contributed by atoms with E-state index in [1.165, 1.54) is 12.3 Å². The highest BCUT2D eigenvalue weighted by Crippen LogP contribution is 2.64. The van der Waals surface area contributed by atoms with Crippen LogP contribution in [0.4, 0.5) is 5.82 Å². The molecule has 1 amide bonds. The number of carbonyl (C=O) groups excluding carboxylic acids is 2. The molecule has 1 aromatic heterocycles. The third-order valence-electron chi connectivity index (χ3n) is 8.81. The number of phosphoric ester groups is 1. The van der Waals surface area contributed by atoms with Crippen LogP contribution in [0, 0.1) is 0 Å². The average Bonchev–Trinajstić information content (AvgIpc) is 3.29. The lowest BCUT2D eigenvalue weighted by molar-refractivity contribution is -0.810. The number of phosphoric acid groups is 1. The van der Waals surface area contributed by atoms with Crippen molar-refractivity contribution in [3.05, 3.63) is 22.7 Å². The second kappa shape index (κ2) is 11.6. The smallest absolute Gasteiger partial charge is 0.465 e. The molecule has 4 aliphatic rings. The second-order valence-electron chi connectivity index (χ2n) is 11.0. The molecule has 13 atom stereocenters. The highest BCUT2D eigenvalue weighted by Gasteiger charge is 2.95. The van der Waals surface area contributed by atoms with Gasteiger partial charge in [0.25, 0.3) is 11.5 Å². The van der Waals surface area contributed by atoms with E-state index < -0.39 is 122 Å². The highest BCUT2D eigenvalue weighted by atomic mass is 31.2. The third-order valence-corrected chi connectivity index (χ3v) is 10.2. The summed E-state index contributed by atoms with van der Waals surface area (Å²) >= 11 is 0. The van der Waals surface area contributed by atoms with E-state index in [9.17, 15) is 49.6 Å². The van der Waals surface area contributed by atoms with Gasteiger partial charge in [0.15, 0.2) is 12.3 Å². The summed E-state index contributed by atoms with van der Waals surface area (Å²) in [6.07, 6.45) is -11.2. The van der Waals surface area contributed by atoms with E-state index in [0.717, 1.165) is 18.8 Å². The first-order valence-corrected chi connectivity index (χ1v) is 15.0. The molecule has 22 heteroatoms. The minimum Gasteiger partial charge on any atom is -0.465 e. The Morgan fingerprint density at radius 2 is 1.91 bits per heavy atom. The zero-order chi connectivity index (χ0) is 33.3. The molecule has 1 aromatic rings. The van der Waals surface area contributed by atoms with Crippen LogP contribution < -0.4 is 17.2 Å². The predicted molar refractivity (Wildman–Crippen MR) is 141 cm³/mol. The number of aromatic nitrogens is 2. The molecule has 45 heavy (non-hydrogen) atoms. The Balaban J connectivity index is 1.37. The van der Waals surface area contributed by atoms with Gasteiger partial charge in [-0.1, -0.05) is 0 Å². The summed E-state index contributed by atoms with van der Waals surface area (Å²) in [6, 6.07) is -1.60. The van der Waals surface area contributed by atoms with Crippen LogP contribution in [-0.2, 0) is 41.9 Å². The number of rotatable bonds is 10. The monoisotopic (exact) mass is 668 g/mol. The van der Waals surface area contributed by atoms with E-state index in [1.807, 2.05) is 0 Å². The van der Waals surface area contributed by atoms with E-state index in [-0.39, 0.29) is 5.82 Å². The number of amides is 1.